The van der Waals surface area contributed by atoms with Gasteiger partial charge in [0, 0.05) is 15.6 Å². The second-order valence-electron chi connectivity index (χ2n) is 7.92. The number of halogens is 1. The second-order valence-corrected chi connectivity index (χ2v) is 9.44. The average Bonchev–Trinajstić information content (AvgIpc) is 3.04. The fourth-order valence-electron chi connectivity index (χ4n) is 3.65. The summed E-state index contributed by atoms with van der Waals surface area (Å²) in [5.74, 6) is -0.696. The number of carbonyl (C=O) groups excluding carboxylic acids is 2. The van der Waals surface area contributed by atoms with Gasteiger partial charge in [-0.15, -0.1) is 0 Å². The fraction of sp³-hybridized carbons (Fsp3) is 0.185. The number of nitrogens with zero attached hydrogens (tertiary/aromatic N) is 1. The van der Waals surface area contributed by atoms with Gasteiger partial charge >= 0.3 is 0 Å². The molecule has 0 aliphatic carbocycles. The molecule has 33 heavy (non-hydrogen) atoms. The number of aryl methyl sites for hydroxylation is 2. The summed E-state index contributed by atoms with van der Waals surface area (Å²) in [6, 6.07) is 22.7. The maximum Gasteiger partial charge on any atom is 0.283 e. The van der Waals surface area contributed by atoms with Crippen molar-refractivity contribution in [3.8, 4) is 0 Å². The molecule has 4 rings (SSSR count). The largest absolute Gasteiger partial charge is 0.350 e. The molecular formula is C27H25ClN2O2S. The standard InChI is InChI=1S/C27H25ClN2O2S/c1-3-4-8-19-11-14-21(15-12-19)30-26(31)24(29-23-16-13-20(28)17-18(23)2)25(27(30)32)33-22-9-6-5-7-10-22/h5-7,9-17,29H,3-4,8H2,1-2H3. The number of hydrogen-bond acceptors (Lipinski definition) is 4. The first-order valence-electron chi connectivity index (χ1n) is 11.0. The molecule has 1 aliphatic heterocycles. The Hall–Kier alpha value is -3.02. The van der Waals surface area contributed by atoms with Crippen LogP contribution in [0.3, 0.4) is 0 Å². The first kappa shape index (κ1) is 23.1. The van der Waals surface area contributed by atoms with Crippen molar-refractivity contribution in [1.82, 2.24) is 0 Å². The van der Waals surface area contributed by atoms with Gasteiger partial charge in [-0.05, 0) is 73.4 Å². The molecule has 0 radical (unpaired) electrons. The zero-order chi connectivity index (χ0) is 23.4. The van der Waals surface area contributed by atoms with Crippen LogP contribution in [0, 0.1) is 6.92 Å². The van der Waals surface area contributed by atoms with Crippen molar-refractivity contribution in [2.45, 2.75) is 38.0 Å². The molecule has 1 N–H and O–H groups in total. The van der Waals surface area contributed by atoms with Crippen LogP contribution in [-0.4, -0.2) is 11.8 Å². The Balaban J connectivity index is 1.69. The molecule has 0 saturated heterocycles. The van der Waals surface area contributed by atoms with Gasteiger partial charge in [-0.1, -0.05) is 67.0 Å². The molecule has 0 fully saturated rings. The van der Waals surface area contributed by atoms with Gasteiger partial charge in [0.1, 0.15) is 10.6 Å². The van der Waals surface area contributed by atoms with Crippen molar-refractivity contribution >= 4 is 46.6 Å². The highest BCUT2D eigenvalue weighted by molar-refractivity contribution is 8.04. The van der Waals surface area contributed by atoms with Gasteiger partial charge in [-0.2, -0.15) is 0 Å². The van der Waals surface area contributed by atoms with E-state index in [0.29, 0.717) is 15.6 Å². The van der Waals surface area contributed by atoms with E-state index in [1.165, 1.54) is 22.2 Å². The van der Waals surface area contributed by atoms with Gasteiger partial charge in [0.05, 0.1) is 5.69 Å². The molecule has 6 heteroatoms. The Morgan fingerprint density at radius 3 is 2.33 bits per heavy atom. The summed E-state index contributed by atoms with van der Waals surface area (Å²) in [6.07, 6.45) is 3.21. The van der Waals surface area contributed by atoms with Crippen LogP contribution in [0.15, 0.2) is 88.3 Å². The number of thioether (sulfide) groups is 1. The quantitative estimate of drug-likeness (QED) is 0.356. The molecule has 3 aromatic rings. The van der Waals surface area contributed by atoms with Crippen LogP contribution in [0.1, 0.15) is 30.9 Å². The molecule has 1 heterocycles. The lowest BCUT2D eigenvalue weighted by atomic mass is 10.1. The lowest BCUT2D eigenvalue weighted by molar-refractivity contribution is -0.120. The van der Waals surface area contributed by atoms with E-state index >= 15 is 0 Å². The lowest BCUT2D eigenvalue weighted by Crippen LogP contribution is -2.32. The second kappa shape index (κ2) is 10.3. The molecule has 3 aromatic carbocycles. The number of benzene rings is 3. The van der Waals surface area contributed by atoms with Crippen LogP contribution < -0.4 is 10.2 Å². The van der Waals surface area contributed by atoms with E-state index < -0.39 is 0 Å². The highest BCUT2D eigenvalue weighted by atomic mass is 35.5. The topological polar surface area (TPSA) is 49.4 Å². The minimum Gasteiger partial charge on any atom is -0.350 e. The van der Waals surface area contributed by atoms with Gasteiger partial charge in [0.15, 0.2) is 0 Å². The van der Waals surface area contributed by atoms with Crippen LogP contribution in [-0.2, 0) is 16.0 Å². The van der Waals surface area contributed by atoms with Gasteiger partial charge in [0.25, 0.3) is 11.8 Å². The number of imide groups is 1. The number of unbranched alkanes of at least 4 members (excludes halogenated alkanes) is 1. The number of nitrogens with one attached hydrogen (secondary N) is 1. The number of hydrogen-bond donors (Lipinski definition) is 1. The van der Waals surface area contributed by atoms with Gasteiger partial charge in [0.2, 0.25) is 0 Å². The van der Waals surface area contributed by atoms with E-state index in [0.717, 1.165) is 35.4 Å². The van der Waals surface area contributed by atoms with Crippen LogP contribution in [0.25, 0.3) is 0 Å². The summed E-state index contributed by atoms with van der Waals surface area (Å²) in [5.41, 5.74) is 3.66. The molecular weight excluding hydrogens is 452 g/mol. The zero-order valence-corrected chi connectivity index (χ0v) is 20.2. The normalized spacial score (nSPS) is 13.7. The summed E-state index contributed by atoms with van der Waals surface area (Å²) < 4.78 is 0. The van der Waals surface area contributed by atoms with E-state index in [1.54, 1.807) is 6.07 Å². The van der Waals surface area contributed by atoms with Crippen LogP contribution in [0.4, 0.5) is 11.4 Å². The molecule has 0 atom stereocenters. The van der Waals surface area contributed by atoms with Crippen LogP contribution >= 0.6 is 23.4 Å². The van der Waals surface area contributed by atoms with Crippen molar-refractivity contribution in [2.24, 2.45) is 0 Å². The smallest absolute Gasteiger partial charge is 0.283 e. The van der Waals surface area contributed by atoms with E-state index in [9.17, 15) is 9.59 Å². The lowest BCUT2D eigenvalue weighted by Gasteiger charge is -2.16. The Labute approximate surface area is 203 Å². The average molecular weight is 477 g/mol. The van der Waals surface area contributed by atoms with Crippen LogP contribution in [0.5, 0.6) is 0 Å². The highest BCUT2D eigenvalue weighted by Gasteiger charge is 2.40. The molecule has 0 saturated carbocycles. The van der Waals surface area contributed by atoms with E-state index in [4.69, 9.17) is 11.6 Å². The van der Waals surface area contributed by atoms with E-state index in [2.05, 4.69) is 12.2 Å². The van der Waals surface area contributed by atoms with Crippen molar-refractivity contribution < 1.29 is 9.59 Å². The molecule has 0 unspecified atom stereocenters. The Bertz CT molecular complexity index is 1210. The third-order valence-electron chi connectivity index (χ3n) is 5.47. The van der Waals surface area contributed by atoms with Gasteiger partial charge in [-0.3, -0.25) is 9.59 Å². The number of rotatable bonds is 8. The molecule has 1 aliphatic rings. The summed E-state index contributed by atoms with van der Waals surface area (Å²) in [6.45, 7) is 4.07. The summed E-state index contributed by atoms with van der Waals surface area (Å²) in [4.78, 5) is 29.5. The maximum atomic E-state index is 13.5. The predicted octanol–water partition coefficient (Wildman–Crippen LogP) is 6.98. The number of anilines is 2. The summed E-state index contributed by atoms with van der Waals surface area (Å²) in [7, 11) is 0. The highest BCUT2D eigenvalue weighted by Crippen LogP contribution is 2.38. The first-order valence-corrected chi connectivity index (χ1v) is 12.2. The number of amides is 2. The molecule has 168 valence electrons. The molecule has 4 nitrogen and oxygen atoms in total. The summed E-state index contributed by atoms with van der Waals surface area (Å²) in [5, 5.41) is 3.83. The van der Waals surface area contributed by atoms with E-state index in [-0.39, 0.29) is 17.5 Å². The van der Waals surface area contributed by atoms with Crippen molar-refractivity contribution in [3.63, 3.8) is 0 Å². The Morgan fingerprint density at radius 2 is 1.67 bits per heavy atom. The minimum absolute atomic E-state index is 0.273. The number of carbonyl (C=O) groups is 2. The molecule has 2 amide bonds. The third-order valence-corrected chi connectivity index (χ3v) is 6.79. The van der Waals surface area contributed by atoms with Gasteiger partial charge in [-0.25, -0.2) is 4.90 Å². The fourth-order valence-corrected chi connectivity index (χ4v) is 4.82. The molecule has 0 spiro atoms. The third kappa shape index (κ3) is 5.15. The monoisotopic (exact) mass is 476 g/mol. The van der Waals surface area contributed by atoms with Crippen molar-refractivity contribution in [3.05, 3.63) is 99.5 Å². The first-order chi connectivity index (χ1) is 16.0. The SMILES string of the molecule is CCCCc1ccc(N2C(=O)C(Nc3ccc(Cl)cc3C)=C(Sc3ccccc3)C2=O)cc1. The van der Waals surface area contributed by atoms with Gasteiger partial charge < -0.3 is 5.32 Å². The zero-order valence-electron chi connectivity index (χ0n) is 18.6. The van der Waals surface area contributed by atoms with Crippen molar-refractivity contribution in [1.29, 1.82) is 0 Å². The summed E-state index contributed by atoms with van der Waals surface area (Å²) >= 11 is 7.39. The maximum absolute atomic E-state index is 13.5. The predicted molar refractivity (Wildman–Crippen MR) is 137 cm³/mol. The van der Waals surface area contributed by atoms with Crippen LogP contribution in [0.2, 0.25) is 5.02 Å². The van der Waals surface area contributed by atoms with Crippen molar-refractivity contribution in [2.75, 3.05) is 10.2 Å². The minimum atomic E-state index is -0.367. The van der Waals surface area contributed by atoms with E-state index in [1.807, 2.05) is 73.7 Å². The Morgan fingerprint density at radius 1 is 0.939 bits per heavy atom. The molecule has 0 bridgehead atoms. The Kier molecular flexibility index (Phi) is 7.21. The molecule has 0 aromatic heterocycles.